The third-order valence-corrected chi connectivity index (χ3v) is 4.48. The van der Waals surface area contributed by atoms with Gasteiger partial charge in [-0.05, 0) is 31.2 Å². The summed E-state index contributed by atoms with van der Waals surface area (Å²) in [4.78, 5) is 52.8. The molecule has 2 aliphatic heterocycles. The zero-order valence-corrected chi connectivity index (χ0v) is 14.1. The fourth-order valence-electron chi connectivity index (χ4n) is 3.12. The van der Waals surface area contributed by atoms with Crippen LogP contribution in [0.1, 0.15) is 17.3 Å². The first-order valence-corrected chi connectivity index (χ1v) is 7.96. The highest BCUT2D eigenvalue weighted by molar-refractivity contribution is 6.21. The van der Waals surface area contributed by atoms with Gasteiger partial charge in [0, 0.05) is 25.8 Å². The highest BCUT2D eigenvalue weighted by Gasteiger charge is 2.48. The number of methoxy groups -OCH3 is 1. The van der Waals surface area contributed by atoms with E-state index in [1.54, 1.807) is 24.3 Å². The normalized spacial score (nSPS) is 20.1. The highest BCUT2D eigenvalue weighted by atomic mass is 16.5. The minimum atomic E-state index is -0.686. The zero-order valence-electron chi connectivity index (χ0n) is 14.1. The second kappa shape index (κ2) is 6.64. The van der Waals surface area contributed by atoms with E-state index in [4.69, 9.17) is 4.74 Å². The summed E-state index contributed by atoms with van der Waals surface area (Å²) < 4.78 is 4.84. The molecule has 0 N–H and O–H groups in total. The molecule has 2 saturated heterocycles. The number of fused-ring (bicyclic) bond motifs is 1. The smallest absolute Gasteiger partial charge is 0.332 e. The Kier molecular flexibility index (Phi) is 4.54. The van der Waals surface area contributed by atoms with Crippen LogP contribution < -0.4 is 4.90 Å². The van der Waals surface area contributed by atoms with Crippen molar-refractivity contribution < 1.29 is 23.9 Å². The van der Waals surface area contributed by atoms with Gasteiger partial charge in [-0.15, -0.1) is 0 Å². The fraction of sp³-hybridized carbons (Fsp3) is 0.412. The third-order valence-electron chi connectivity index (χ3n) is 4.48. The van der Waals surface area contributed by atoms with E-state index >= 15 is 0 Å². The molecule has 0 radical (unpaired) electrons. The number of nitrogens with zero attached hydrogens (tertiary/aromatic N) is 3. The quantitative estimate of drug-likeness (QED) is 0.586. The molecule has 2 fully saturated rings. The van der Waals surface area contributed by atoms with Crippen LogP contribution in [-0.4, -0.2) is 72.8 Å². The summed E-state index contributed by atoms with van der Waals surface area (Å²) in [6.45, 7) is 2.23. The van der Waals surface area contributed by atoms with Crippen LogP contribution in [0.25, 0.3) is 0 Å². The summed E-state index contributed by atoms with van der Waals surface area (Å²) in [6.07, 6.45) is 0. The number of piperazine rings is 1. The molecule has 8 heteroatoms. The average Bonchev–Trinajstić information content (AvgIpc) is 2.86. The van der Waals surface area contributed by atoms with Crippen molar-refractivity contribution in [2.75, 3.05) is 38.3 Å². The predicted octanol–water partition coefficient (Wildman–Crippen LogP) is 0.515. The Morgan fingerprint density at radius 2 is 1.84 bits per heavy atom. The van der Waals surface area contributed by atoms with Crippen molar-refractivity contribution in [3.05, 3.63) is 29.8 Å². The summed E-state index contributed by atoms with van der Waals surface area (Å²) in [7, 11) is 1.44. The monoisotopic (exact) mass is 345 g/mol. The maximum absolute atomic E-state index is 12.7. The van der Waals surface area contributed by atoms with Crippen LogP contribution in [0.2, 0.25) is 0 Å². The molecule has 25 heavy (non-hydrogen) atoms. The van der Waals surface area contributed by atoms with Gasteiger partial charge in [0.05, 0.1) is 12.2 Å². The van der Waals surface area contributed by atoms with Crippen molar-refractivity contribution >= 4 is 29.3 Å². The Bertz CT molecular complexity index is 730. The van der Waals surface area contributed by atoms with Gasteiger partial charge in [-0.2, -0.15) is 0 Å². The number of hydrogen-bond donors (Lipinski definition) is 0. The van der Waals surface area contributed by atoms with Gasteiger partial charge in [0.2, 0.25) is 5.91 Å². The van der Waals surface area contributed by atoms with Crippen molar-refractivity contribution in [3.63, 3.8) is 0 Å². The van der Waals surface area contributed by atoms with Crippen molar-refractivity contribution in [1.82, 2.24) is 9.80 Å². The van der Waals surface area contributed by atoms with E-state index in [1.807, 2.05) is 0 Å². The number of Topliss-reactive ketones (excluding diaryl/α,β-unsaturated/α-hetero) is 1. The lowest BCUT2D eigenvalue weighted by atomic mass is 10.1. The Hall–Kier alpha value is -2.74. The number of ketones is 1. The van der Waals surface area contributed by atoms with Crippen molar-refractivity contribution in [1.29, 1.82) is 0 Å². The van der Waals surface area contributed by atoms with E-state index in [0.717, 1.165) is 4.90 Å². The molecule has 4 amide bonds. The van der Waals surface area contributed by atoms with Crippen LogP contribution in [0.15, 0.2) is 24.3 Å². The summed E-state index contributed by atoms with van der Waals surface area (Å²) in [5.74, 6) is -0.655. The standard InChI is InChI=1S/C17H19N3O5/c1-11(21)12-3-5-13(6-4-12)20-16(23)14-9-18(15(22)10-25-2)7-8-19(14)17(20)24/h3-6,14H,7-10H2,1-2H3. The second-order valence-corrected chi connectivity index (χ2v) is 6.04. The molecular weight excluding hydrogens is 326 g/mol. The topological polar surface area (TPSA) is 87.2 Å². The Balaban J connectivity index is 1.80. The molecule has 0 spiro atoms. The number of carbonyl (C=O) groups is 4. The van der Waals surface area contributed by atoms with E-state index < -0.39 is 12.1 Å². The molecule has 2 heterocycles. The van der Waals surface area contributed by atoms with Crippen LogP contribution in [0.4, 0.5) is 10.5 Å². The van der Waals surface area contributed by atoms with E-state index in [1.165, 1.54) is 23.8 Å². The van der Waals surface area contributed by atoms with Crippen LogP contribution >= 0.6 is 0 Å². The minimum Gasteiger partial charge on any atom is -0.375 e. The minimum absolute atomic E-state index is 0.0505. The Morgan fingerprint density at radius 1 is 1.16 bits per heavy atom. The zero-order chi connectivity index (χ0) is 18.1. The summed E-state index contributed by atoms with van der Waals surface area (Å²) in [5, 5.41) is 0. The number of amides is 4. The van der Waals surface area contributed by atoms with Gasteiger partial charge in [0.1, 0.15) is 12.6 Å². The van der Waals surface area contributed by atoms with E-state index in [-0.39, 0.29) is 30.7 Å². The first kappa shape index (κ1) is 17.1. The Labute approximate surface area is 144 Å². The van der Waals surface area contributed by atoms with Gasteiger partial charge in [-0.1, -0.05) is 0 Å². The lowest BCUT2D eigenvalue weighted by Crippen LogP contribution is -2.55. The molecule has 1 aromatic carbocycles. The number of rotatable bonds is 4. The molecule has 1 atom stereocenters. The largest absolute Gasteiger partial charge is 0.375 e. The third kappa shape index (κ3) is 3.00. The first-order chi connectivity index (χ1) is 11.9. The number of carbonyl (C=O) groups excluding carboxylic acids is 4. The average molecular weight is 345 g/mol. The second-order valence-electron chi connectivity index (χ2n) is 6.04. The molecule has 132 valence electrons. The van der Waals surface area contributed by atoms with Gasteiger partial charge in [-0.3, -0.25) is 14.4 Å². The molecule has 0 bridgehead atoms. The molecule has 1 aromatic rings. The van der Waals surface area contributed by atoms with Gasteiger partial charge < -0.3 is 14.5 Å². The van der Waals surface area contributed by atoms with Gasteiger partial charge in [0.15, 0.2) is 5.78 Å². The van der Waals surface area contributed by atoms with Gasteiger partial charge in [0.25, 0.3) is 5.91 Å². The summed E-state index contributed by atoms with van der Waals surface area (Å²) in [5.41, 5.74) is 0.932. The molecule has 0 saturated carbocycles. The van der Waals surface area contributed by atoms with Gasteiger partial charge >= 0.3 is 6.03 Å². The van der Waals surface area contributed by atoms with E-state index in [2.05, 4.69) is 0 Å². The number of benzene rings is 1. The number of ether oxygens (including phenoxy) is 1. The van der Waals surface area contributed by atoms with Crippen LogP contribution in [-0.2, 0) is 14.3 Å². The van der Waals surface area contributed by atoms with Crippen LogP contribution in [0.5, 0.6) is 0 Å². The maximum atomic E-state index is 12.7. The molecule has 0 aliphatic carbocycles. The summed E-state index contributed by atoms with van der Waals surface area (Å²) in [6, 6.07) is 5.25. The van der Waals surface area contributed by atoms with Crippen LogP contribution in [0, 0.1) is 0 Å². The van der Waals surface area contributed by atoms with Crippen molar-refractivity contribution in [3.8, 4) is 0 Å². The maximum Gasteiger partial charge on any atom is 0.332 e. The number of urea groups is 1. The molecular formula is C17H19N3O5. The molecule has 8 nitrogen and oxygen atoms in total. The molecule has 3 rings (SSSR count). The SMILES string of the molecule is COCC(=O)N1CCN2C(=O)N(c3ccc(C(C)=O)cc3)C(=O)C2C1. The molecule has 2 aliphatic rings. The molecule has 1 unspecified atom stereocenters. The molecule has 0 aromatic heterocycles. The predicted molar refractivity (Wildman–Crippen MR) is 88.3 cm³/mol. The van der Waals surface area contributed by atoms with E-state index in [0.29, 0.717) is 24.3 Å². The Morgan fingerprint density at radius 3 is 2.44 bits per heavy atom. The van der Waals surface area contributed by atoms with Crippen LogP contribution in [0.3, 0.4) is 0 Å². The number of hydrogen-bond acceptors (Lipinski definition) is 5. The lowest BCUT2D eigenvalue weighted by Gasteiger charge is -2.35. The summed E-state index contributed by atoms with van der Waals surface area (Å²) >= 11 is 0. The first-order valence-electron chi connectivity index (χ1n) is 7.96. The number of anilines is 1. The highest BCUT2D eigenvalue weighted by Crippen LogP contribution is 2.28. The van der Waals surface area contributed by atoms with Crippen molar-refractivity contribution in [2.45, 2.75) is 13.0 Å². The fourth-order valence-corrected chi connectivity index (χ4v) is 3.12. The lowest BCUT2D eigenvalue weighted by molar-refractivity contribution is -0.138. The van der Waals surface area contributed by atoms with Gasteiger partial charge in [-0.25, -0.2) is 9.69 Å². The van der Waals surface area contributed by atoms with E-state index in [9.17, 15) is 19.2 Å². The van der Waals surface area contributed by atoms with Crippen molar-refractivity contribution in [2.24, 2.45) is 0 Å². The number of imide groups is 1.